The van der Waals surface area contributed by atoms with Crippen molar-refractivity contribution < 1.29 is 4.74 Å². The van der Waals surface area contributed by atoms with E-state index in [2.05, 4.69) is 17.1 Å². The van der Waals surface area contributed by atoms with Crippen molar-refractivity contribution in [1.82, 2.24) is 9.38 Å². The maximum atomic E-state index is 5.76. The van der Waals surface area contributed by atoms with Crippen LogP contribution in [0.5, 0.6) is 5.75 Å². The van der Waals surface area contributed by atoms with Crippen molar-refractivity contribution in [1.29, 1.82) is 0 Å². The van der Waals surface area contributed by atoms with Gasteiger partial charge in [0.1, 0.15) is 11.4 Å². The fraction of sp³-hybridized carbons (Fsp3) is 0.133. The second-order valence-corrected chi connectivity index (χ2v) is 4.48. The number of fused-ring (bicyclic) bond motifs is 1. The molecule has 0 aliphatic heterocycles. The van der Waals surface area contributed by atoms with Crippen molar-refractivity contribution in [3.8, 4) is 5.75 Å². The van der Waals surface area contributed by atoms with Crippen LogP contribution in [-0.2, 0) is 6.42 Å². The molecule has 4 heteroatoms. The van der Waals surface area contributed by atoms with Crippen molar-refractivity contribution in [2.75, 3.05) is 12.8 Å². The van der Waals surface area contributed by atoms with E-state index in [1.807, 2.05) is 41.1 Å². The van der Waals surface area contributed by atoms with Crippen LogP contribution in [0.15, 0.2) is 48.8 Å². The van der Waals surface area contributed by atoms with Crippen LogP contribution < -0.4 is 10.5 Å². The Balaban J connectivity index is 1.87. The van der Waals surface area contributed by atoms with Gasteiger partial charge >= 0.3 is 0 Å². The molecular weight excluding hydrogens is 238 g/mol. The summed E-state index contributed by atoms with van der Waals surface area (Å²) in [7, 11) is 1.67. The molecule has 0 bridgehead atoms. The lowest BCUT2D eigenvalue weighted by atomic mass is 10.1. The third-order valence-electron chi connectivity index (χ3n) is 3.07. The molecule has 2 heterocycles. The van der Waals surface area contributed by atoms with E-state index in [1.165, 1.54) is 5.56 Å². The first-order valence-electron chi connectivity index (χ1n) is 6.10. The van der Waals surface area contributed by atoms with Gasteiger partial charge in [-0.2, -0.15) is 0 Å². The first-order chi connectivity index (χ1) is 9.24. The van der Waals surface area contributed by atoms with E-state index in [9.17, 15) is 0 Å². The molecular formula is C15H15N3O. The summed E-state index contributed by atoms with van der Waals surface area (Å²) in [5.41, 5.74) is 9.64. The summed E-state index contributed by atoms with van der Waals surface area (Å²) in [5.74, 6) is 0.867. The van der Waals surface area contributed by atoms with Crippen molar-refractivity contribution in [2.45, 2.75) is 6.42 Å². The second kappa shape index (κ2) is 4.65. The van der Waals surface area contributed by atoms with Crippen molar-refractivity contribution in [3.63, 3.8) is 0 Å². The fourth-order valence-corrected chi connectivity index (χ4v) is 2.10. The maximum Gasteiger partial charge on any atom is 0.137 e. The van der Waals surface area contributed by atoms with Crippen molar-refractivity contribution >= 4 is 11.3 Å². The average Bonchev–Trinajstić information content (AvgIpc) is 2.81. The molecule has 0 saturated carbocycles. The molecule has 0 aliphatic carbocycles. The molecule has 0 spiro atoms. The molecule has 0 saturated heterocycles. The van der Waals surface area contributed by atoms with Gasteiger partial charge in [0, 0.05) is 24.5 Å². The van der Waals surface area contributed by atoms with Crippen molar-refractivity contribution in [3.05, 3.63) is 60.0 Å². The highest BCUT2D eigenvalue weighted by Crippen LogP contribution is 2.15. The molecule has 1 aromatic carbocycles. The van der Waals surface area contributed by atoms with Gasteiger partial charge in [-0.15, -0.1) is 0 Å². The van der Waals surface area contributed by atoms with Gasteiger partial charge < -0.3 is 14.9 Å². The molecule has 0 unspecified atom stereocenters. The summed E-state index contributed by atoms with van der Waals surface area (Å²) in [4.78, 5) is 4.57. The van der Waals surface area contributed by atoms with Gasteiger partial charge in [-0.3, -0.25) is 0 Å². The van der Waals surface area contributed by atoms with Gasteiger partial charge in [-0.05, 0) is 29.8 Å². The Kier molecular flexibility index (Phi) is 2.83. The predicted molar refractivity (Wildman–Crippen MR) is 75.4 cm³/mol. The number of pyridine rings is 1. The fourth-order valence-electron chi connectivity index (χ4n) is 2.10. The van der Waals surface area contributed by atoms with Gasteiger partial charge in [0.2, 0.25) is 0 Å². The van der Waals surface area contributed by atoms with Crippen LogP contribution in [0.4, 0.5) is 5.69 Å². The van der Waals surface area contributed by atoms with Gasteiger partial charge in [0.15, 0.2) is 0 Å². The molecule has 0 aliphatic rings. The maximum absolute atomic E-state index is 5.76. The molecule has 19 heavy (non-hydrogen) atoms. The van der Waals surface area contributed by atoms with Crippen LogP contribution in [0.25, 0.3) is 5.65 Å². The Morgan fingerprint density at radius 1 is 1.11 bits per heavy atom. The Morgan fingerprint density at radius 3 is 2.63 bits per heavy atom. The summed E-state index contributed by atoms with van der Waals surface area (Å²) in [6.45, 7) is 0. The number of hydrogen-bond donors (Lipinski definition) is 1. The number of hydrogen-bond acceptors (Lipinski definition) is 3. The van der Waals surface area contributed by atoms with Gasteiger partial charge in [-0.1, -0.05) is 12.1 Å². The van der Waals surface area contributed by atoms with E-state index in [-0.39, 0.29) is 0 Å². The molecule has 0 amide bonds. The van der Waals surface area contributed by atoms with E-state index in [0.717, 1.165) is 29.2 Å². The minimum Gasteiger partial charge on any atom is -0.497 e. The highest BCUT2D eigenvalue weighted by molar-refractivity contribution is 5.48. The van der Waals surface area contributed by atoms with Crippen LogP contribution in [0.1, 0.15) is 11.3 Å². The molecule has 0 atom stereocenters. The number of anilines is 1. The Bertz CT molecular complexity index is 701. The number of nitrogens with two attached hydrogens (primary N) is 1. The Labute approximate surface area is 111 Å². The number of aromatic nitrogens is 2. The highest BCUT2D eigenvalue weighted by atomic mass is 16.5. The van der Waals surface area contributed by atoms with E-state index < -0.39 is 0 Å². The minimum atomic E-state index is 0.737. The number of imidazole rings is 1. The lowest BCUT2D eigenvalue weighted by molar-refractivity contribution is 0.414. The first-order valence-corrected chi connectivity index (χ1v) is 6.10. The molecule has 4 nitrogen and oxygen atoms in total. The summed E-state index contributed by atoms with van der Waals surface area (Å²) in [6, 6.07) is 11.8. The van der Waals surface area contributed by atoms with Gasteiger partial charge in [0.25, 0.3) is 0 Å². The molecule has 3 aromatic rings. The number of nitrogens with zero attached hydrogens (tertiary/aromatic N) is 2. The van der Waals surface area contributed by atoms with Crippen LogP contribution in [0, 0.1) is 0 Å². The standard InChI is InChI=1S/C15H15N3O/c1-19-14-5-2-11(3-6-14)8-13-10-18-9-12(16)4-7-15(18)17-13/h2-7,9-10H,8,16H2,1H3. The third kappa shape index (κ3) is 2.38. The average molecular weight is 253 g/mol. The number of nitrogen functional groups attached to an aromatic ring is 1. The minimum absolute atomic E-state index is 0.737. The van der Waals surface area contributed by atoms with Crippen LogP contribution >= 0.6 is 0 Å². The Hall–Kier alpha value is -2.49. The number of rotatable bonds is 3. The zero-order chi connectivity index (χ0) is 13.2. The van der Waals surface area contributed by atoms with Crippen LogP contribution in [0.3, 0.4) is 0 Å². The van der Waals surface area contributed by atoms with E-state index >= 15 is 0 Å². The van der Waals surface area contributed by atoms with Crippen LogP contribution in [-0.4, -0.2) is 16.5 Å². The number of methoxy groups -OCH3 is 1. The van der Waals surface area contributed by atoms with E-state index in [1.54, 1.807) is 7.11 Å². The molecule has 3 rings (SSSR count). The quantitative estimate of drug-likeness (QED) is 0.780. The zero-order valence-corrected chi connectivity index (χ0v) is 10.7. The summed E-state index contributed by atoms with van der Waals surface area (Å²) in [5, 5.41) is 0. The molecule has 96 valence electrons. The second-order valence-electron chi connectivity index (χ2n) is 4.48. The Morgan fingerprint density at radius 2 is 1.89 bits per heavy atom. The topological polar surface area (TPSA) is 52.5 Å². The van der Waals surface area contributed by atoms with E-state index in [0.29, 0.717) is 0 Å². The molecule has 0 fully saturated rings. The summed E-state index contributed by atoms with van der Waals surface area (Å²) in [6.07, 6.45) is 4.68. The molecule has 0 radical (unpaired) electrons. The monoisotopic (exact) mass is 253 g/mol. The third-order valence-corrected chi connectivity index (χ3v) is 3.07. The normalized spacial score (nSPS) is 10.8. The summed E-state index contributed by atoms with van der Waals surface area (Å²) < 4.78 is 7.10. The van der Waals surface area contributed by atoms with E-state index in [4.69, 9.17) is 10.5 Å². The smallest absolute Gasteiger partial charge is 0.137 e. The van der Waals surface area contributed by atoms with Crippen molar-refractivity contribution in [2.24, 2.45) is 0 Å². The van der Waals surface area contributed by atoms with Gasteiger partial charge in [-0.25, -0.2) is 4.98 Å². The largest absolute Gasteiger partial charge is 0.497 e. The molecule has 2 aromatic heterocycles. The van der Waals surface area contributed by atoms with Gasteiger partial charge in [0.05, 0.1) is 12.8 Å². The number of ether oxygens (including phenoxy) is 1. The SMILES string of the molecule is COc1ccc(Cc2cn3cc(N)ccc3n2)cc1. The van der Waals surface area contributed by atoms with Crippen LogP contribution in [0.2, 0.25) is 0 Å². The number of benzene rings is 1. The molecule has 2 N–H and O–H groups in total. The highest BCUT2D eigenvalue weighted by Gasteiger charge is 2.03. The first kappa shape index (κ1) is 11.6. The lowest BCUT2D eigenvalue weighted by Crippen LogP contribution is -1.89. The predicted octanol–water partition coefficient (Wildman–Crippen LogP) is 2.52. The lowest BCUT2D eigenvalue weighted by Gasteiger charge is -2.01. The zero-order valence-electron chi connectivity index (χ0n) is 10.7. The summed E-state index contributed by atoms with van der Waals surface area (Å²) >= 11 is 0.